The first-order chi connectivity index (χ1) is 15.0. The van der Waals surface area contributed by atoms with Gasteiger partial charge in [0.15, 0.2) is 0 Å². The highest BCUT2D eigenvalue weighted by Crippen LogP contribution is 2.32. The van der Waals surface area contributed by atoms with Gasteiger partial charge >= 0.3 is 0 Å². The fourth-order valence-corrected chi connectivity index (χ4v) is 5.74. The number of aromatic nitrogens is 1. The SMILES string of the molecule is CCS(=O)(=O)C1=NSC2=NC(=O)/C(=C\c3cc(C)n(-c4cc(Cl)ccc4C)c3C)C(=N)N21. The van der Waals surface area contributed by atoms with E-state index in [4.69, 9.17) is 17.0 Å². The zero-order valence-corrected chi connectivity index (χ0v) is 20.2. The van der Waals surface area contributed by atoms with Gasteiger partial charge in [0, 0.05) is 22.1 Å². The van der Waals surface area contributed by atoms with Crippen molar-refractivity contribution in [2.45, 2.75) is 27.7 Å². The Morgan fingerprint density at radius 1 is 1.22 bits per heavy atom. The number of hydrogen-bond donors (Lipinski definition) is 1. The number of hydrogen-bond acceptors (Lipinski definition) is 6. The van der Waals surface area contributed by atoms with E-state index in [9.17, 15) is 13.2 Å². The van der Waals surface area contributed by atoms with Crippen molar-refractivity contribution in [3.05, 3.63) is 57.4 Å². The Balaban J connectivity index is 1.80. The summed E-state index contributed by atoms with van der Waals surface area (Å²) < 4.78 is 30.8. The van der Waals surface area contributed by atoms with Crippen molar-refractivity contribution >= 4 is 61.5 Å². The molecule has 2 aromatic rings. The number of aryl methyl sites for hydroxylation is 2. The van der Waals surface area contributed by atoms with E-state index in [1.54, 1.807) is 6.08 Å². The van der Waals surface area contributed by atoms with E-state index >= 15 is 0 Å². The number of nitrogens with one attached hydrogen (secondary N) is 1. The number of benzene rings is 1. The number of amides is 1. The van der Waals surface area contributed by atoms with Crippen LogP contribution in [0, 0.1) is 26.2 Å². The lowest BCUT2D eigenvalue weighted by molar-refractivity contribution is -0.114. The second-order valence-electron chi connectivity index (χ2n) is 7.40. The van der Waals surface area contributed by atoms with Gasteiger partial charge in [-0.1, -0.05) is 24.6 Å². The van der Waals surface area contributed by atoms with Gasteiger partial charge < -0.3 is 4.57 Å². The molecule has 0 atom stereocenters. The van der Waals surface area contributed by atoms with Crippen LogP contribution in [-0.4, -0.2) is 45.7 Å². The van der Waals surface area contributed by atoms with Crippen molar-refractivity contribution in [1.82, 2.24) is 9.47 Å². The number of nitrogens with zero attached hydrogens (tertiary/aromatic N) is 4. The van der Waals surface area contributed by atoms with Gasteiger partial charge in [-0.3, -0.25) is 10.2 Å². The Morgan fingerprint density at radius 3 is 2.62 bits per heavy atom. The lowest BCUT2D eigenvalue weighted by Crippen LogP contribution is -2.45. The second kappa shape index (κ2) is 8.02. The average molecular weight is 490 g/mol. The Kier molecular flexibility index (Phi) is 5.64. The summed E-state index contributed by atoms with van der Waals surface area (Å²) in [5.41, 5.74) is 4.44. The maximum absolute atomic E-state index is 12.7. The van der Waals surface area contributed by atoms with Crippen LogP contribution in [0.2, 0.25) is 5.02 Å². The van der Waals surface area contributed by atoms with Gasteiger partial charge in [0.25, 0.3) is 5.91 Å². The van der Waals surface area contributed by atoms with Gasteiger partial charge in [-0.25, -0.2) is 13.3 Å². The Bertz CT molecular complexity index is 1390. The first-order valence-corrected chi connectivity index (χ1v) is 12.5. The summed E-state index contributed by atoms with van der Waals surface area (Å²) in [5, 5.41) is 8.98. The lowest BCUT2D eigenvalue weighted by atomic mass is 10.1. The van der Waals surface area contributed by atoms with Crippen LogP contribution in [0.3, 0.4) is 0 Å². The zero-order chi connectivity index (χ0) is 23.4. The van der Waals surface area contributed by atoms with Crippen LogP contribution in [0.1, 0.15) is 29.4 Å². The van der Waals surface area contributed by atoms with Crippen molar-refractivity contribution in [3.8, 4) is 5.69 Å². The molecule has 0 aliphatic carbocycles. The molecule has 4 rings (SSSR count). The van der Waals surface area contributed by atoms with Crippen molar-refractivity contribution in [2.75, 3.05) is 5.75 Å². The molecular weight excluding hydrogens is 470 g/mol. The largest absolute Gasteiger partial charge is 0.318 e. The fraction of sp³-hybridized carbons (Fsp3) is 0.238. The van der Waals surface area contributed by atoms with Crippen LogP contribution in [0.4, 0.5) is 0 Å². The van der Waals surface area contributed by atoms with Gasteiger partial charge in [0.2, 0.25) is 20.2 Å². The number of carbonyl (C=O) groups is 1. The molecule has 0 saturated heterocycles. The van der Waals surface area contributed by atoms with E-state index in [1.165, 1.54) is 6.92 Å². The molecule has 2 aliphatic rings. The molecule has 8 nitrogen and oxygen atoms in total. The van der Waals surface area contributed by atoms with Gasteiger partial charge in [0.1, 0.15) is 5.84 Å². The van der Waals surface area contributed by atoms with E-state index in [-0.39, 0.29) is 27.5 Å². The highest BCUT2D eigenvalue weighted by atomic mass is 35.5. The first kappa shape index (κ1) is 22.5. The number of sulfone groups is 1. The predicted molar refractivity (Wildman–Crippen MR) is 129 cm³/mol. The normalized spacial score (nSPS) is 17.7. The number of aliphatic imine (C=N–C) groups is 1. The lowest BCUT2D eigenvalue weighted by Gasteiger charge is -2.24. The number of halogens is 1. The molecule has 1 N–H and O–H groups in total. The maximum Gasteiger partial charge on any atom is 0.283 e. The number of fused-ring (bicyclic) bond motifs is 1. The van der Waals surface area contributed by atoms with Crippen LogP contribution >= 0.6 is 23.5 Å². The molecule has 32 heavy (non-hydrogen) atoms. The standard InChI is InChI=1S/C21H20ClN5O3S2/c1-5-32(29,30)21-25-31-20-24-19(28)16(18(23)27(20)21)9-14-8-12(3)26(13(14)4)17-10-15(22)7-6-11(17)2/h6-10,23H,5H2,1-4H3/b16-9-,23-18?. The van der Waals surface area contributed by atoms with Crippen molar-refractivity contribution in [2.24, 2.45) is 9.39 Å². The third-order valence-corrected chi connectivity index (χ3v) is 7.98. The van der Waals surface area contributed by atoms with Crippen LogP contribution in [0.25, 0.3) is 11.8 Å². The molecule has 1 aromatic carbocycles. The summed E-state index contributed by atoms with van der Waals surface area (Å²) in [6.45, 7) is 7.33. The molecule has 0 bridgehead atoms. The van der Waals surface area contributed by atoms with Gasteiger partial charge in [-0.05, 0) is 56.2 Å². The quantitative estimate of drug-likeness (QED) is 0.516. The van der Waals surface area contributed by atoms with Crippen molar-refractivity contribution in [3.63, 3.8) is 0 Å². The molecule has 1 amide bonds. The molecular formula is C21H20ClN5O3S2. The minimum absolute atomic E-state index is 0.00156. The fourth-order valence-electron chi connectivity index (χ4n) is 3.61. The third-order valence-electron chi connectivity index (χ3n) is 5.33. The molecule has 0 fully saturated rings. The van der Waals surface area contributed by atoms with E-state index in [1.807, 2.05) is 49.6 Å². The molecule has 0 unspecified atom stereocenters. The van der Waals surface area contributed by atoms with E-state index in [0.717, 1.165) is 45.0 Å². The molecule has 3 heterocycles. The topological polar surface area (TPSA) is 108 Å². The third kappa shape index (κ3) is 3.62. The number of carbonyl (C=O) groups excluding carboxylic acids is 1. The molecule has 1 aromatic heterocycles. The monoisotopic (exact) mass is 489 g/mol. The molecule has 0 radical (unpaired) electrons. The summed E-state index contributed by atoms with van der Waals surface area (Å²) in [7, 11) is -3.69. The minimum atomic E-state index is -3.69. The minimum Gasteiger partial charge on any atom is -0.318 e. The molecule has 2 aliphatic heterocycles. The summed E-state index contributed by atoms with van der Waals surface area (Å²) in [6.07, 6.45) is 1.57. The van der Waals surface area contributed by atoms with Crippen LogP contribution in [-0.2, 0) is 14.6 Å². The molecule has 11 heteroatoms. The van der Waals surface area contributed by atoms with Crippen LogP contribution in [0.15, 0.2) is 39.2 Å². The maximum atomic E-state index is 12.7. The van der Waals surface area contributed by atoms with Gasteiger partial charge in [-0.15, -0.1) is 0 Å². The number of amidine groups is 3. The Hall–Kier alpha value is -2.69. The van der Waals surface area contributed by atoms with Gasteiger partial charge in [0.05, 0.1) is 23.3 Å². The summed E-state index contributed by atoms with van der Waals surface area (Å²) in [4.78, 5) is 17.8. The second-order valence-corrected chi connectivity index (χ2v) is 10.7. The Morgan fingerprint density at radius 2 is 1.94 bits per heavy atom. The molecule has 0 saturated carbocycles. The zero-order valence-electron chi connectivity index (χ0n) is 17.8. The average Bonchev–Trinajstić information content (AvgIpc) is 3.28. The van der Waals surface area contributed by atoms with Gasteiger partial charge in [-0.2, -0.15) is 9.39 Å². The molecule has 166 valence electrons. The van der Waals surface area contributed by atoms with Crippen LogP contribution in [0.5, 0.6) is 0 Å². The highest BCUT2D eigenvalue weighted by molar-refractivity contribution is 8.16. The number of rotatable bonds is 3. The van der Waals surface area contributed by atoms with E-state index in [0.29, 0.717) is 5.02 Å². The molecule has 0 spiro atoms. The van der Waals surface area contributed by atoms with Crippen LogP contribution < -0.4 is 0 Å². The highest BCUT2D eigenvalue weighted by Gasteiger charge is 2.42. The van der Waals surface area contributed by atoms with Crippen molar-refractivity contribution < 1.29 is 13.2 Å². The first-order valence-electron chi connectivity index (χ1n) is 9.72. The van der Waals surface area contributed by atoms with E-state index < -0.39 is 15.7 Å². The summed E-state index contributed by atoms with van der Waals surface area (Å²) in [5.74, 6) is -1.04. The predicted octanol–water partition coefficient (Wildman–Crippen LogP) is 4.07. The smallest absolute Gasteiger partial charge is 0.283 e. The summed E-state index contributed by atoms with van der Waals surface area (Å²) in [6, 6.07) is 7.54. The Labute approximate surface area is 195 Å². The van der Waals surface area contributed by atoms with Crippen molar-refractivity contribution in [1.29, 1.82) is 5.41 Å². The summed E-state index contributed by atoms with van der Waals surface area (Å²) >= 11 is 6.99. The van der Waals surface area contributed by atoms with E-state index in [2.05, 4.69) is 9.39 Å².